The maximum Gasteiger partial charge on any atom is 0.300 e. The summed E-state index contributed by atoms with van der Waals surface area (Å²) in [4.78, 5) is 9.00. The quantitative estimate of drug-likeness (QED) is 0.631. The molecule has 0 amide bonds. The van der Waals surface area contributed by atoms with E-state index in [0.29, 0.717) is 0 Å². The minimum absolute atomic E-state index is 0.833. The molecule has 1 rings (SSSR count). The van der Waals surface area contributed by atoms with Crippen LogP contribution in [0.2, 0.25) is 0 Å². The summed E-state index contributed by atoms with van der Waals surface area (Å²) in [7, 11) is 0. The van der Waals surface area contributed by atoms with Crippen molar-refractivity contribution in [1.29, 1.82) is 0 Å². The topological polar surface area (TPSA) is 63.3 Å². The summed E-state index contributed by atoms with van der Waals surface area (Å²) in [6, 6.07) is 0. The van der Waals surface area contributed by atoms with Gasteiger partial charge < -0.3 is 10.8 Å². The van der Waals surface area contributed by atoms with Gasteiger partial charge in [-0.1, -0.05) is 13.3 Å². The van der Waals surface area contributed by atoms with Gasteiger partial charge in [0.25, 0.3) is 5.97 Å². The molecule has 0 bridgehead atoms. The second-order valence-corrected chi connectivity index (χ2v) is 3.54. The van der Waals surface area contributed by atoms with E-state index in [0.717, 1.165) is 25.3 Å². The Hall–Kier alpha value is -0.570. The smallest absolute Gasteiger partial charge is 0.300 e. The van der Waals surface area contributed by atoms with E-state index >= 15 is 0 Å². The third-order valence-corrected chi connectivity index (χ3v) is 2.14. The molecule has 0 heterocycles. The van der Waals surface area contributed by atoms with Crippen LogP contribution in [0.25, 0.3) is 0 Å². The van der Waals surface area contributed by atoms with Crippen molar-refractivity contribution in [1.82, 2.24) is 0 Å². The molecule has 2 unspecified atom stereocenters. The summed E-state index contributed by atoms with van der Waals surface area (Å²) in [5.74, 6) is 0.966. The largest absolute Gasteiger partial charge is 0.481 e. The fourth-order valence-corrected chi connectivity index (χ4v) is 1.54. The third-order valence-electron chi connectivity index (χ3n) is 2.14. The van der Waals surface area contributed by atoms with Crippen LogP contribution in [0.4, 0.5) is 0 Å². The summed E-state index contributed by atoms with van der Waals surface area (Å²) in [5, 5.41) is 7.42. The molecule has 0 saturated heterocycles. The molecule has 3 N–H and O–H groups in total. The lowest BCUT2D eigenvalue weighted by molar-refractivity contribution is -0.134. The molecule has 2 atom stereocenters. The van der Waals surface area contributed by atoms with Crippen LogP contribution in [0.15, 0.2) is 0 Å². The number of nitrogens with two attached hydrogens (primary N) is 1. The van der Waals surface area contributed by atoms with Crippen LogP contribution < -0.4 is 5.73 Å². The SMILES string of the molecule is CC(=O)O.CC1CCC(CN)C1. The van der Waals surface area contributed by atoms with Gasteiger partial charge in [-0.25, -0.2) is 0 Å². The Morgan fingerprint density at radius 1 is 1.58 bits per heavy atom. The van der Waals surface area contributed by atoms with Crippen molar-refractivity contribution in [3.63, 3.8) is 0 Å². The van der Waals surface area contributed by atoms with Crippen LogP contribution in [-0.4, -0.2) is 17.6 Å². The first-order valence-corrected chi connectivity index (χ1v) is 4.45. The summed E-state index contributed by atoms with van der Waals surface area (Å²) in [6.07, 6.45) is 4.15. The van der Waals surface area contributed by atoms with Gasteiger partial charge in [-0.15, -0.1) is 0 Å². The van der Waals surface area contributed by atoms with E-state index in [2.05, 4.69) is 6.92 Å². The van der Waals surface area contributed by atoms with Crippen molar-refractivity contribution in [2.24, 2.45) is 17.6 Å². The van der Waals surface area contributed by atoms with E-state index in [1.807, 2.05) is 0 Å². The van der Waals surface area contributed by atoms with E-state index < -0.39 is 5.97 Å². The van der Waals surface area contributed by atoms with Gasteiger partial charge in [-0.3, -0.25) is 4.79 Å². The van der Waals surface area contributed by atoms with E-state index in [4.69, 9.17) is 15.6 Å². The molecule has 1 aliphatic carbocycles. The molecule has 1 aliphatic rings. The predicted octanol–water partition coefficient (Wildman–Crippen LogP) is 1.47. The Bertz CT molecular complexity index is 132. The Morgan fingerprint density at radius 2 is 2.08 bits per heavy atom. The van der Waals surface area contributed by atoms with Crippen molar-refractivity contribution >= 4 is 5.97 Å². The zero-order valence-corrected chi connectivity index (χ0v) is 7.92. The van der Waals surface area contributed by atoms with Crippen molar-refractivity contribution in [3.8, 4) is 0 Å². The Kier molecular flexibility index (Phi) is 5.72. The predicted molar refractivity (Wildman–Crippen MR) is 48.9 cm³/mol. The van der Waals surface area contributed by atoms with Crippen molar-refractivity contribution in [2.45, 2.75) is 33.1 Å². The van der Waals surface area contributed by atoms with Gasteiger partial charge in [0.05, 0.1) is 0 Å². The van der Waals surface area contributed by atoms with Gasteiger partial charge >= 0.3 is 0 Å². The zero-order chi connectivity index (χ0) is 9.56. The molecule has 1 fully saturated rings. The molecule has 0 aromatic rings. The van der Waals surface area contributed by atoms with Crippen LogP contribution in [0.5, 0.6) is 0 Å². The van der Waals surface area contributed by atoms with Crippen molar-refractivity contribution in [3.05, 3.63) is 0 Å². The first kappa shape index (κ1) is 11.4. The highest BCUT2D eigenvalue weighted by atomic mass is 16.4. The van der Waals surface area contributed by atoms with E-state index in [-0.39, 0.29) is 0 Å². The summed E-state index contributed by atoms with van der Waals surface area (Å²) >= 11 is 0. The lowest BCUT2D eigenvalue weighted by Gasteiger charge is -2.02. The molecule has 0 aromatic heterocycles. The fraction of sp³-hybridized carbons (Fsp3) is 0.889. The van der Waals surface area contributed by atoms with Gasteiger partial charge in [0.15, 0.2) is 0 Å². The molecule has 3 heteroatoms. The van der Waals surface area contributed by atoms with Gasteiger partial charge in [-0.05, 0) is 31.2 Å². The Morgan fingerprint density at radius 3 is 2.25 bits per heavy atom. The molecule has 3 nitrogen and oxygen atoms in total. The highest BCUT2D eigenvalue weighted by Crippen LogP contribution is 2.28. The van der Waals surface area contributed by atoms with Crippen LogP contribution in [0, 0.1) is 11.8 Å². The monoisotopic (exact) mass is 173 g/mol. The average Bonchev–Trinajstić information content (AvgIpc) is 2.34. The molecular weight excluding hydrogens is 154 g/mol. The molecule has 12 heavy (non-hydrogen) atoms. The lowest BCUT2D eigenvalue weighted by atomic mass is 10.1. The maximum absolute atomic E-state index is 9.00. The normalized spacial score (nSPS) is 27.6. The summed E-state index contributed by atoms with van der Waals surface area (Å²) in [5.41, 5.74) is 5.50. The first-order valence-electron chi connectivity index (χ1n) is 4.45. The van der Waals surface area contributed by atoms with Crippen LogP contribution in [0.3, 0.4) is 0 Å². The third kappa shape index (κ3) is 6.16. The van der Waals surface area contributed by atoms with Gasteiger partial charge in [0.2, 0.25) is 0 Å². The number of carboxylic acid groups (broad SMARTS) is 1. The number of aliphatic carboxylic acids is 1. The first-order chi connectivity index (χ1) is 5.56. The van der Waals surface area contributed by atoms with Crippen LogP contribution in [0.1, 0.15) is 33.1 Å². The Balaban J connectivity index is 0.000000261. The minimum atomic E-state index is -0.833. The van der Waals surface area contributed by atoms with Gasteiger partial charge in [-0.2, -0.15) is 0 Å². The molecule has 0 spiro atoms. The number of hydrogen-bond acceptors (Lipinski definition) is 2. The number of rotatable bonds is 1. The average molecular weight is 173 g/mol. The molecule has 1 saturated carbocycles. The molecule has 0 aromatic carbocycles. The maximum atomic E-state index is 9.00. The van der Waals surface area contributed by atoms with Crippen molar-refractivity contribution in [2.75, 3.05) is 6.54 Å². The highest BCUT2D eigenvalue weighted by molar-refractivity contribution is 5.62. The lowest BCUT2D eigenvalue weighted by Crippen LogP contribution is -2.10. The number of hydrogen-bond donors (Lipinski definition) is 2. The minimum Gasteiger partial charge on any atom is -0.481 e. The highest BCUT2D eigenvalue weighted by Gasteiger charge is 2.18. The standard InChI is InChI=1S/C7H15N.C2H4O2/c1-6-2-3-7(4-6)5-8;1-2(3)4/h6-7H,2-5,8H2,1H3;1H3,(H,3,4). The molecular formula is C9H19NO2. The van der Waals surface area contributed by atoms with Crippen LogP contribution >= 0.6 is 0 Å². The van der Waals surface area contributed by atoms with Crippen LogP contribution in [-0.2, 0) is 4.79 Å². The summed E-state index contributed by atoms with van der Waals surface area (Å²) in [6.45, 7) is 4.31. The second kappa shape index (κ2) is 6.00. The summed E-state index contributed by atoms with van der Waals surface area (Å²) < 4.78 is 0. The molecule has 0 radical (unpaired) electrons. The second-order valence-electron chi connectivity index (χ2n) is 3.54. The van der Waals surface area contributed by atoms with Gasteiger partial charge in [0.1, 0.15) is 0 Å². The zero-order valence-electron chi connectivity index (χ0n) is 7.92. The van der Waals surface area contributed by atoms with E-state index in [9.17, 15) is 0 Å². The molecule has 0 aliphatic heterocycles. The van der Waals surface area contributed by atoms with Gasteiger partial charge in [0, 0.05) is 6.92 Å². The van der Waals surface area contributed by atoms with E-state index in [1.165, 1.54) is 19.3 Å². The van der Waals surface area contributed by atoms with Crippen molar-refractivity contribution < 1.29 is 9.90 Å². The number of carboxylic acids is 1. The number of carbonyl (C=O) groups is 1. The Labute approximate surface area is 74.0 Å². The fourth-order valence-electron chi connectivity index (χ4n) is 1.54. The van der Waals surface area contributed by atoms with E-state index in [1.54, 1.807) is 0 Å². The molecule has 72 valence electrons.